The maximum absolute atomic E-state index is 13.6. The molecule has 0 saturated heterocycles. The van der Waals surface area contributed by atoms with Gasteiger partial charge >= 0.3 is 0 Å². The number of carbonyl (C=O) groups excluding carboxylic acids is 2. The molecule has 8 nitrogen and oxygen atoms in total. The van der Waals surface area contributed by atoms with Crippen molar-refractivity contribution in [1.82, 2.24) is 10.2 Å². The zero-order chi connectivity index (χ0) is 26.3. The molecule has 0 unspecified atom stereocenters. The van der Waals surface area contributed by atoms with E-state index < -0.39 is 28.5 Å². The molecule has 2 aromatic rings. The zero-order valence-electron chi connectivity index (χ0n) is 21.0. The molecule has 0 fully saturated rings. The van der Waals surface area contributed by atoms with Gasteiger partial charge in [-0.05, 0) is 62.6 Å². The molecule has 192 valence electrons. The van der Waals surface area contributed by atoms with Crippen LogP contribution >= 0.6 is 11.6 Å². The highest BCUT2D eigenvalue weighted by Gasteiger charge is 2.31. The predicted molar refractivity (Wildman–Crippen MR) is 139 cm³/mol. The highest BCUT2D eigenvalue weighted by atomic mass is 35.5. The number of hydrogen-bond acceptors (Lipinski definition) is 5. The molecule has 0 spiro atoms. The Kier molecular flexibility index (Phi) is 9.97. The third-order valence-corrected chi connectivity index (χ3v) is 7.05. The Morgan fingerprint density at radius 2 is 1.83 bits per heavy atom. The number of hydrogen-bond donors (Lipinski definition) is 1. The first-order valence-corrected chi connectivity index (χ1v) is 13.6. The van der Waals surface area contributed by atoms with Crippen LogP contribution in [0.4, 0.5) is 5.69 Å². The molecule has 10 heteroatoms. The van der Waals surface area contributed by atoms with Crippen molar-refractivity contribution in [3.8, 4) is 5.75 Å². The molecule has 1 N–H and O–H groups in total. The van der Waals surface area contributed by atoms with Crippen molar-refractivity contribution >= 4 is 39.1 Å². The zero-order valence-corrected chi connectivity index (χ0v) is 22.6. The van der Waals surface area contributed by atoms with Crippen LogP contribution in [0.1, 0.15) is 38.3 Å². The van der Waals surface area contributed by atoms with Crippen LogP contribution in [0.5, 0.6) is 5.75 Å². The van der Waals surface area contributed by atoms with Gasteiger partial charge in [-0.15, -0.1) is 0 Å². The first-order chi connectivity index (χ1) is 16.4. The molecule has 35 heavy (non-hydrogen) atoms. The molecule has 0 bridgehead atoms. The average Bonchev–Trinajstić information content (AvgIpc) is 2.79. The molecule has 2 rings (SSSR count). The number of carbonyl (C=O) groups is 2. The molecular formula is C25H34ClN3O5S. The lowest BCUT2D eigenvalue weighted by molar-refractivity contribution is -0.139. The lowest BCUT2D eigenvalue weighted by atomic mass is 10.1. The molecule has 2 amide bonds. The smallest absolute Gasteiger partial charge is 0.244 e. The first kappa shape index (κ1) is 28.5. The Balaban J connectivity index is 2.46. The summed E-state index contributed by atoms with van der Waals surface area (Å²) >= 11 is 6.13. The highest BCUT2D eigenvalue weighted by molar-refractivity contribution is 7.92. The van der Waals surface area contributed by atoms with Crippen molar-refractivity contribution < 1.29 is 22.7 Å². The molecule has 0 radical (unpaired) electrons. The first-order valence-electron chi connectivity index (χ1n) is 11.3. The minimum atomic E-state index is -3.86. The van der Waals surface area contributed by atoms with Gasteiger partial charge in [0.05, 0.1) is 19.1 Å². The second-order valence-electron chi connectivity index (χ2n) is 8.59. The standard InChI is InChI=1S/C25H34ClN3O5S/c1-7-18(3)27-25(31)19(4)28(15-20-9-8-10-21(26)14-20)24(30)16-29(35(6,32)33)22-13-17(2)11-12-23(22)34-5/h8-14,18-19H,7,15-16H2,1-6H3,(H,27,31)/t18-,19+/m0/s1. The van der Waals surface area contributed by atoms with E-state index in [4.69, 9.17) is 16.3 Å². The number of nitrogens with zero attached hydrogens (tertiary/aromatic N) is 2. The normalized spacial score (nSPS) is 13.0. The van der Waals surface area contributed by atoms with E-state index >= 15 is 0 Å². The van der Waals surface area contributed by atoms with Gasteiger partial charge in [0.2, 0.25) is 21.8 Å². The van der Waals surface area contributed by atoms with E-state index in [1.807, 2.05) is 20.8 Å². The van der Waals surface area contributed by atoms with Crippen LogP contribution in [-0.2, 0) is 26.2 Å². The van der Waals surface area contributed by atoms with Gasteiger partial charge in [0.1, 0.15) is 18.3 Å². The van der Waals surface area contributed by atoms with Crippen LogP contribution in [0.2, 0.25) is 5.02 Å². The molecule has 0 aliphatic rings. The summed E-state index contributed by atoms with van der Waals surface area (Å²) in [5, 5.41) is 3.39. The molecule has 2 atom stereocenters. The summed E-state index contributed by atoms with van der Waals surface area (Å²) in [6.07, 6.45) is 1.76. The average molecular weight is 524 g/mol. The molecule has 2 aromatic carbocycles. The summed E-state index contributed by atoms with van der Waals surface area (Å²) in [5.74, 6) is -0.544. The molecule has 0 aromatic heterocycles. The van der Waals surface area contributed by atoms with Gasteiger partial charge in [0, 0.05) is 17.6 Å². The van der Waals surface area contributed by atoms with Crippen LogP contribution in [-0.4, -0.2) is 57.1 Å². The Morgan fingerprint density at radius 3 is 2.40 bits per heavy atom. The Morgan fingerprint density at radius 1 is 1.14 bits per heavy atom. The molecule has 0 aliphatic heterocycles. The second-order valence-corrected chi connectivity index (χ2v) is 10.9. The minimum absolute atomic E-state index is 0.0721. The van der Waals surface area contributed by atoms with Crippen molar-refractivity contribution in [2.75, 3.05) is 24.2 Å². The van der Waals surface area contributed by atoms with Crippen molar-refractivity contribution in [2.45, 2.75) is 52.7 Å². The second kappa shape index (κ2) is 12.3. The van der Waals surface area contributed by atoms with E-state index in [0.29, 0.717) is 16.3 Å². The maximum Gasteiger partial charge on any atom is 0.244 e. The van der Waals surface area contributed by atoms with Gasteiger partial charge < -0.3 is 15.0 Å². The number of aryl methyl sites for hydroxylation is 1. The van der Waals surface area contributed by atoms with Crippen molar-refractivity contribution in [3.63, 3.8) is 0 Å². The number of nitrogens with one attached hydrogen (secondary N) is 1. The minimum Gasteiger partial charge on any atom is -0.495 e. The Labute approximate surface area is 213 Å². The van der Waals surface area contributed by atoms with Crippen LogP contribution in [0.25, 0.3) is 0 Å². The van der Waals surface area contributed by atoms with Crippen LogP contribution in [0.15, 0.2) is 42.5 Å². The topological polar surface area (TPSA) is 96.0 Å². The third-order valence-electron chi connectivity index (χ3n) is 5.69. The molecular weight excluding hydrogens is 490 g/mol. The lowest BCUT2D eigenvalue weighted by Crippen LogP contribution is -2.52. The van der Waals surface area contributed by atoms with Crippen LogP contribution < -0.4 is 14.4 Å². The third kappa shape index (κ3) is 7.86. The van der Waals surface area contributed by atoms with Gasteiger partial charge in [-0.25, -0.2) is 8.42 Å². The monoisotopic (exact) mass is 523 g/mol. The Bertz CT molecular complexity index is 1160. The number of methoxy groups -OCH3 is 1. The van der Waals surface area contributed by atoms with Crippen molar-refractivity contribution in [3.05, 3.63) is 58.6 Å². The fourth-order valence-corrected chi connectivity index (χ4v) is 4.53. The van der Waals surface area contributed by atoms with E-state index in [0.717, 1.165) is 22.5 Å². The highest BCUT2D eigenvalue weighted by Crippen LogP contribution is 2.31. The van der Waals surface area contributed by atoms with Crippen LogP contribution in [0.3, 0.4) is 0 Å². The number of amides is 2. The number of halogens is 1. The number of sulfonamides is 1. The number of ether oxygens (including phenoxy) is 1. The number of benzene rings is 2. The van der Waals surface area contributed by atoms with Crippen LogP contribution in [0, 0.1) is 6.92 Å². The summed E-state index contributed by atoms with van der Waals surface area (Å²) in [6.45, 7) is 6.85. The Hall–Kier alpha value is -2.78. The van der Waals surface area contributed by atoms with Gasteiger partial charge in [0.15, 0.2) is 0 Å². The predicted octanol–water partition coefficient (Wildman–Crippen LogP) is 3.76. The fourth-order valence-electron chi connectivity index (χ4n) is 3.47. The van der Waals surface area contributed by atoms with Crippen molar-refractivity contribution in [1.29, 1.82) is 0 Å². The SMILES string of the molecule is CC[C@H](C)NC(=O)[C@@H](C)N(Cc1cccc(Cl)c1)C(=O)CN(c1cc(C)ccc1OC)S(C)(=O)=O. The lowest BCUT2D eigenvalue weighted by Gasteiger charge is -2.32. The number of anilines is 1. The summed E-state index contributed by atoms with van der Waals surface area (Å²) in [5.41, 5.74) is 1.77. The summed E-state index contributed by atoms with van der Waals surface area (Å²) in [4.78, 5) is 27.9. The summed E-state index contributed by atoms with van der Waals surface area (Å²) in [7, 11) is -2.43. The van der Waals surface area contributed by atoms with Gasteiger partial charge in [-0.1, -0.05) is 36.7 Å². The van der Waals surface area contributed by atoms with E-state index in [9.17, 15) is 18.0 Å². The van der Waals surface area contributed by atoms with E-state index in [1.54, 1.807) is 49.4 Å². The van der Waals surface area contributed by atoms with E-state index in [1.165, 1.54) is 12.0 Å². The molecule has 0 saturated carbocycles. The van der Waals surface area contributed by atoms with E-state index in [2.05, 4.69) is 5.32 Å². The summed E-state index contributed by atoms with van der Waals surface area (Å²) in [6, 6.07) is 11.1. The largest absolute Gasteiger partial charge is 0.495 e. The van der Waals surface area contributed by atoms with Crippen molar-refractivity contribution in [2.24, 2.45) is 0 Å². The van der Waals surface area contributed by atoms with E-state index in [-0.39, 0.29) is 24.2 Å². The fraction of sp³-hybridized carbons (Fsp3) is 0.440. The van der Waals surface area contributed by atoms with Gasteiger partial charge in [0.25, 0.3) is 0 Å². The summed E-state index contributed by atoms with van der Waals surface area (Å²) < 4.78 is 31.9. The number of rotatable bonds is 11. The quantitative estimate of drug-likeness (QED) is 0.484. The van der Waals surface area contributed by atoms with Gasteiger partial charge in [-0.2, -0.15) is 0 Å². The molecule has 0 aliphatic carbocycles. The molecule has 0 heterocycles. The maximum atomic E-state index is 13.6. The van der Waals surface area contributed by atoms with Gasteiger partial charge in [-0.3, -0.25) is 13.9 Å².